The molecule has 0 spiro atoms. The van der Waals surface area contributed by atoms with Crippen LogP contribution in [0.3, 0.4) is 0 Å². The number of rotatable bonds is 5. The molecule has 0 aliphatic carbocycles. The minimum atomic E-state index is 0. The van der Waals surface area contributed by atoms with Crippen LogP contribution in [0.1, 0.15) is 26.2 Å². The van der Waals surface area contributed by atoms with E-state index in [2.05, 4.69) is 62.7 Å². The molecule has 2 fully saturated rings. The van der Waals surface area contributed by atoms with Crippen LogP contribution in [0.25, 0.3) is 0 Å². The number of benzene rings is 1. The summed E-state index contributed by atoms with van der Waals surface area (Å²) < 4.78 is 0. The van der Waals surface area contributed by atoms with Crippen molar-refractivity contribution in [1.29, 1.82) is 0 Å². The van der Waals surface area contributed by atoms with E-state index in [4.69, 9.17) is 0 Å². The number of nitrogens with zero attached hydrogens (tertiary/aromatic N) is 3. The highest BCUT2D eigenvalue weighted by Gasteiger charge is 2.25. The molecule has 2 N–H and O–H groups in total. The van der Waals surface area contributed by atoms with Crippen molar-refractivity contribution in [1.82, 2.24) is 15.5 Å². The molecule has 0 amide bonds. The predicted octanol–water partition coefficient (Wildman–Crippen LogP) is 2.53. The number of likely N-dealkylation sites (N-methyl/N-ethyl adjacent to an activating group) is 1. The van der Waals surface area contributed by atoms with Crippen LogP contribution in [0.5, 0.6) is 0 Å². The highest BCUT2D eigenvalue weighted by atomic mass is 127. The van der Waals surface area contributed by atoms with Crippen molar-refractivity contribution < 1.29 is 0 Å². The van der Waals surface area contributed by atoms with E-state index in [1.54, 1.807) is 0 Å². The molecule has 1 aromatic carbocycles. The second kappa shape index (κ2) is 10.2. The van der Waals surface area contributed by atoms with E-state index >= 15 is 0 Å². The van der Waals surface area contributed by atoms with Crippen molar-refractivity contribution in [2.75, 3.05) is 44.7 Å². The van der Waals surface area contributed by atoms with Crippen molar-refractivity contribution in [2.45, 2.75) is 38.3 Å². The molecule has 2 heterocycles. The van der Waals surface area contributed by atoms with Gasteiger partial charge in [0.15, 0.2) is 5.96 Å². The fraction of sp³-hybridized carbons (Fsp3) is 0.632. The molecule has 2 unspecified atom stereocenters. The summed E-state index contributed by atoms with van der Waals surface area (Å²) in [5, 5.41) is 7.14. The van der Waals surface area contributed by atoms with Gasteiger partial charge in [0.2, 0.25) is 0 Å². The molecule has 2 atom stereocenters. The summed E-state index contributed by atoms with van der Waals surface area (Å²) >= 11 is 0. The van der Waals surface area contributed by atoms with Crippen LogP contribution in [-0.4, -0.2) is 62.7 Å². The van der Waals surface area contributed by atoms with E-state index < -0.39 is 0 Å². The SMILES string of the molecule is CCN1CCCC1CNC(=NC)NC1CCN(c2ccccc2)C1.I. The maximum atomic E-state index is 4.42. The van der Waals surface area contributed by atoms with E-state index in [0.717, 1.165) is 38.6 Å². The summed E-state index contributed by atoms with van der Waals surface area (Å²) in [6, 6.07) is 11.8. The lowest BCUT2D eigenvalue weighted by Gasteiger charge is -2.25. The molecule has 2 aliphatic heterocycles. The van der Waals surface area contributed by atoms with E-state index in [1.165, 1.54) is 25.1 Å². The number of anilines is 1. The Morgan fingerprint density at radius 3 is 2.72 bits per heavy atom. The molecular formula is C19H32IN5. The van der Waals surface area contributed by atoms with Gasteiger partial charge in [-0.3, -0.25) is 9.89 Å². The van der Waals surface area contributed by atoms with Crippen LogP contribution in [0, 0.1) is 0 Å². The van der Waals surface area contributed by atoms with Gasteiger partial charge in [-0.15, -0.1) is 24.0 Å². The van der Waals surface area contributed by atoms with Gasteiger partial charge < -0.3 is 15.5 Å². The number of hydrogen-bond donors (Lipinski definition) is 2. The van der Waals surface area contributed by atoms with Gasteiger partial charge in [-0.1, -0.05) is 25.1 Å². The van der Waals surface area contributed by atoms with Crippen LogP contribution < -0.4 is 15.5 Å². The Kier molecular flexibility index (Phi) is 8.29. The summed E-state index contributed by atoms with van der Waals surface area (Å²) in [6.07, 6.45) is 3.77. The van der Waals surface area contributed by atoms with E-state index in [1.807, 2.05) is 7.05 Å². The molecular weight excluding hydrogens is 425 g/mol. The minimum Gasteiger partial charge on any atom is -0.369 e. The molecule has 25 heavy (non-hydrogen) atoms. The fourth-order valence-corrected chi connectivity index (χ4v) is 3.90. The maximum Gasteiger partial charge on any atom is 0.191 e. The third kappa shape index (κ3) is 5.48. The molecule has 0 radical (unpaired) electrons. The fourth-order valence-electron chi connectivity index (χ4n) is 3.90. The molecule has 0 aromatic heterocycles. The van der Waals surface area contributed by atoms with Gasteiger partial charge in [0.1, 0.15) is 0 Å². The first-order valence-electron chi connectivity index (χ1n) is 9.31. The van der Waals surface area contributed by atoms with Crippen molar-refractivity contribution >= 4 is 35.6 Å². The maximum absolute atomic E-state index is 4.42. The van der Waals surface area contributed by atoms with E-state index in [9.17, 15) is 0 Å². The van der Waals surface area contributed by atoms with Gasteiger partial charge in [-0.05, 0) is 44.5 Å². The lowest BCUT2D eigenvalue weighted by molar-refractivity contribution is 0.267. The summed E-state index contributed by atoms with van der Waals surface area (Å²) in [6.45, 7) is 7.77. The lowest BCUT2D eigenvalue weighted by Crippen LogP contribution is -2.48. The molecule has 5 nitrogen and oxygen atoms in total. The van der Waals surface area contributed by atoms with Crippen molar-refractivity contribution in [2.24, 2.45) is 4.99 Å². The Morgan fingerprint density at radius 1 is 1.20 bits per heavy atom. The Bertz CT molecular complexity index is 536. The van der Waals surface area contributed by atoms with Gasteiger partial charge in [0.05, 0.1) is 0 Å². The molecule has 3 rings (SSSR count). The Morgan fingerprint density at radius 2 is 2.00 bits per heavy atom. The number of guanidine groups is 1. The van der Waals surface area contributed by atoms with E-state index in [0.29, 0.717) is 12.1 Å². The van der Waals surface area contributed by atoms with Gasteiger partial charge >= 0.3 is 0 Å². The zero-order valence-corrected chi connectivity index (χ0v) is 17.8. The average Bonchev–Trinajstić information content (AvgIpc) is 3.28. The van der Waals surface area contributed by atoms with Crippen LogP contribution in [0.15, 0.2) is 35.3 Å². The number of aliphatic imine (C=N–C) groups is 1. The number of para-hydroxylation sites is 1. The van der Waals surface area contributed by atoms with Crippen molar-refractivity contribution in [3.8, 4) is 0 Å². The van der Waals surface area contributed by atoms with E-state index in [-0.39, 0.29) is 24.0 Å². The van der Waals surface area contributed by atoms with Gasteiger partial charge in [0.25, 0.3) is 0 Å². The minimum absolute atomic E-state index is 0. The molecule has 140 valence electrons. The molecule has 0 saturated carbocycles. The molecule has 0 bridgehead atoms. The molecule has 6 heteroatoms. The number of hydrogen-bond acceptors (Lipinski definition) is 3. The Labute approximate surface area is 169 Å². The third-order valence-corrected chi connectivity index (χ3v) is 5.28. The zero-order valence-electron chi connectivity index (χ0n) is 15.4. The van der Waals surface area contributed by atoms with Crippen LogP contribution in [0.4, 0.5) is 5.69 Å². The standard InChI is InChI=1S/C19H31N5.HI/c1-3-23-12-7-10-18(23)14-21-19(20-2)22-16-11-13-24(15-16)17-8-5-4-6-9-17;/h4-6,8-9,16,18H,3,7,10-15H2,1-2H3,(H2,20,21,22);1H. The molecule has 2 saturated heterocycles. The Hall–Kier alpha value is -1.02. The summed E-state index contributed by atoms with van der Waals surface area (Å²) in [5.74, 6) is 0.942. The summed E-state index contributed by atoms with van der Waals surface area (Å²) in [5.41, 5.74) is 1.31. The molecule has 2 aliphatic rings. The topological polar surface area (TPSA) is 42.9 Å². The van der Waals surface area contributed by atoms with Crippen molar-refractivity contribution in [3.05, 3.63) is 30.3 Å². The second-order valence-electron chi connectivity index (χ2n) is 6.79. The summed E-state index contributed by atoms with van der Waals surface area (Å²) in [7, 11) is 1.87. The second-order valence-corrected chi connectivity index (χ2v) is 6.79. The van der Waals surface area contributed by atoms with Crippen LogP contribution >= 0.6 is 24.0 Å². The highest BCUT2D eigenvalue weighted by molar-refractivity contribution is 14.0. The zero-order chi connectivity index (χ0) is 16.8. The average molecular weight is 457 g/mol. The van der Waals surface area contributed by atoms with Crippen LogP contribution in [-0.2, 0) is 0 Å². The third-order valence-electron chi connectivity index (χ3n) is 5.28. The van der Waals surface area contributed by atoms with Crippen molar-refractivity contribution in [3.63, 3.8) is 0 Å². The quantitative estimate of drug-likeness (QED) is 0.405. The number of halogens is 1. The Balaban J connectivity index is 0.00000225. The predicted molar refractivity (Wildman–Crippen MR) is 117 cm³/mol. The largest absolute Gasteiger partial charge is 0.369 e. The van der Waals surface area contributed by atoms with Gasteiger partial charge in [-0.2, -0.15) is 0 Å². The van der Waals surface area contributed by atoms with Crippen LogP contribution in [0.2, 0.25) is 0 Å². The monoisotopic (exact) mass is 457 g/mol. The normalized spacial score (nSPS) is 24.2. The first-order valence-corrected chi connectivity index (χ1v) is 9.31. The smallest absolute Gasteiger partial charge is 0.191 e. The first kappa shape index (κ1) is 20.3. The summed E-state index contributed by atoms with van der Waals surface area (Å²) in [4.78, 5) is 9.43. The number of nitrogens with one attached hydrogen (secondary N) is 2. The van der Waals surface area contributed by atoms with Gasteiger partial charge in [0, 0.05) is 44.5 Å². The lowest BCUT2D eigenvalue weighted by atomic mass is 10.2. The first-order chi connectivity index (χ1) is 11.8. The molecule has 1 aromatic rings. The highest BCUT2D eigenvalue weighted by Crippen LogP contribution is 2.19. The van der Waals surface area contributed by atoms with Gasteiger partial charge in [-0.25, -0.2) is 0 Å². The number of likely N-dealkylation sites (tertiary alicyclic amines) is 1.